The van der Waals surface area contributed by atoms with Crippen LogP contribution >= 0.6 is 0 Å². The SMILES string of the molecule is O=C(O)C1(C(=O)NCCCc2ncn[nH]2)CCC1. The molecule has 2 rings (SSSR count). The Morgan fingerprint density at radius 3 is 2.78 bits per heavy atom. The topological polar surface area (TPSA) is 108 Å². The van der Waals surface area contributed by atoms with Crippen molar-refractivity contribution in [2.24, 2.45) is 5.41 Å². The number of carbonyl (C=O) groups excluding carboxylic acids is 1. The summed E-state index contributed by atoms with van der Waals surface area (Å²) in [5.74, 6) is -0.610. The van der Waals surface area contributed by atoms with Gasteiger partial charge in [-0.25, -0.2) is 4.98 Å². The van der Waals surface area contributed by atoms with Gasteiger partial charge in [-0.05, 0) is 19.3 Å². The minimum absolute atomic E-state index is 0.362. The van der Waals surface area contributed by atoms with Crippen molar-refractivity contribution in [3.63, 3.8) is 0 Å². The quantitative estimate of drug-likeness (QED) is 0.492. The molecule has 1 aromatic rings. The van der Waals surface area contributed by atoms with Crippen molar-refractivity contribution in [2.45, 2.75) is 32.1 Å². The van der Waals surface area contributed by atoms with Gasteiger partial charge in [-0.15, -0.1) is 0 Å². The number of amides is 1. The van der Waals surface area contributed by atoms with Gasteiger partial charge in [0.2, 0.25) is 5.91 Å². The third kappa shape index (κ3) is 2.34. The van der Waals surface area contributed by atoms with E-state index in [0.29, 0.717) is 32.2 Å². The van der Waals surface area contributed by atoms with E-state index in [4.69, 9.17) is 5.11 Å². The zero-order valence-corrected chi connectivity index (χ0v) is 9.98. The average molecular weight is 252 g/mol. The summed E-state index contributed by atoms with van der Waals surface area (Å²) in [5, 5.41) is 18.2. The molecule has 0 spiro atoms. The summed E-state index contributed by atoms with van der Waals surface area (Å²) < 4.78 is 0. The summed E-state index contributed by atoms with van der Waals surface area (Å²) in [6.45, 7) is 0.453. The van der Waals surface area contributed by atoms with E-state index in [1.54, 1.807) is 0 Å². The van der Waals surface area contributed by atoms with Gasteiger partial charge in [0.1, 0.15) is 17.6 Å². The molecule has 1 saturated carbocycles. The molecule has 7 nitrogen and oxygen atoms in total. The van der Waals surface area contributed by atoms with Crippen LogP contribution in [0.5, 0.6) is 0 Å². The van der Waals surface area contributed by atoms with Crippen LogP contribution in [0.2, 0.25) is 0 Å². The molecule has 1 heterocycles. The molecule has 1 amide bonds. The molecule has 1 aliphatic rings. The number of carboxylic acid groups (broad SMARTS) is 1. The van der Waals surface area contributed by atoms with Gasteiger partial charge < -0.3 is 10.4 Å². The molecule has 1 aliphatic carbocycles. The Balaban J connectivity index is 1.73. The summed E-state index contributed by atoms with van der Waals surface area (Å²) in [6.07, 6.45) is 4.50. The Bertz CT molecular complexity index is 426. The lowest BCUT2D eigenvalue weighted by Crippen LogP contribution is -2.51. The summed E-state index contributed by atoms with van der Waals surface area (Å²) in [7, 11) is 0. The lowest BCUT2D eigenvalue weighted by molar-refractivity contribution is -0.162. The number of hydrogen-bond acceptors (Lipinski definition) is 4. The minimum atomic E-state index is -1.17. The fourth-order valence-corrected chi connectivity index (χ4v) is 2.05. The van der Waals surface area contributed by atoms with E-state index < -0.39 is 11.4 Å². The van der Waals surface area contributed by atoms with Crippen molar-refractivity contribution in [2.75, 3.05) is 6.54 Å². The predicted octanol–water partition coefficient (Wildman–Crippen LogP) is 0.108. The van der Waals surface area contributed by atoms with Crippen molar-refractivity contribution in [1.82, 2.24) is 20.5 Å². The van der Waals surface area contributed by atoms with Gasteiger partial charge >= 0.3 is 5.97 Å². The molecular formula is C11H16N4O3. The van der Waals surface area contributed by atoms with Crippen molar-refractivity contribution in [1.29, 1.82) is 0 Å². The largest absolute Gasteiger partial charge is 0.480 e. The molecule has 3 N–H and O–H groups in total. The van der Waals surface area contributed by atoms with Gasteiger partial charge in [-0.1, -0.05) is 6.42 Å². The number of carboxylic acids is 1. The smallest absolute Gasteiger partial charge is 0.319 e. The van der Waals surface area contributed by atoms with Gasteiger partial charge in [-0.3, -0.25) is 14.7 Å². The Morgan fingerprint density at radius 1 is 1.50 bits per heavy atom. The lowest BCUT2D eigenvalue weighted by Gasteiger charge is -2.35. The van der Waals surface area contributed by atoms with E-state index in [-0.39, 0.29) is 5.91 Å². The van der Waals surface area contributed by atoms with E-state index in [1.807, 2.05) is 0 Å². The first-order valence-electron chi connectivity index (χ1n) is 6.01. The number of carbonyl (C=O) groups is 2. The zero-order chi connectivity index (χ0) is 13.0. The Kier molecular flexibility index (Phi) is 3.59. The number of aromatic amines is 1. The highest BCUT2D eigenvalue weighted by atomic mass is 16.4. The molecule has 1 aromatic heterocycles. The first-order chi connectivity index (χ1) is 8.65. The summed E-state index contributed by atoms with van der Waals surface area (Å²) >= 11 is 0. The highest BCUT2D eigenvalue weighted by Gasteiger charge is 2.50. The van der Waals surface area contributed by atoms with Crippen LogP contribution in [-0.4, -0.2) is 38.7 Å². The summed E-state index contributed by atoms with van der Waals surface area (Å²) in [4.78, 5) is 26.9. The van der Waals surface area contributed by atoms with Crippen LogP contribution in [0.4, 0.5) is 0 Å². The highest BCUT2D eigenvalue weighted by Crippen LogP contribution is 2.41. The van der Waals surface area contributed by atoms with Crippen molar-refractivity contribution in [3.05, 3.63) is 12.2 Å². The van der Waals surface area contributed by atoms with Crippen LogP contribution in [0, 0.1) is 5.41 Å². The average Bonchev–Trinajstić information content (AvgIpc) is 2.75. The molecular weight excluding hydrogens is 236 g/mol. The van der Waals surface area contributed by atoms with Crippen LogP contribution in [0.25, 0.3) is 0 Å². The Morgan fingerprint density at radius 2 is 2.28 bits per heavy atom. The summed E-state index contributed by atoms with van der Waals surface area (Å²) in [5.41, 5.74) is -1.17. The first kappa shape index (κ1) is 12.5. The van der Waals surface area contributed by atoms with Gasteiger partial charge in [0, 0.05) is 13.0 Å². The van der Waals surface area contributed by atoms with Crippen molar-refractivity contribution < 1.29 is 14.7 Å². The molecule has 0 radical (unpaired) electrons. The molecule has 0 saturated heterocycles. The fourth-order valence-electron chi connectivity index (χ4n) is 2.05. The Hall–Kier alpha value is -1.92. The predicted molar refractivity (Wildman–Crippen MR) is 61.6 cm³/mol. The molecule has 0 aromatic carbocycles. The van der Waals surface area contributed by atoms with Crippen LogP contribution in [0.1, 0.15) is 31.5 Å². The van der Waals surface area contributed by atoms with Crippen LogP contribution in [0.3, 0.4) is 0 Å². The second-order valence-corrected chi connectivity index (χ2v) is 4.53. The molecule has 0 atom stereocenters. The van der Waals surface area contributed by atoms with Crippen LogP contribution < -0.4 is 5.32 Å². The molecule has 98 valence electrons. The molecule has 0 bridgehead atoms. The van der Waals surface area contributed by atoms with Gasteiger partial charge in [0.15, 0.2) is 0 Å². The second-order valence-electron chi connectivity index (χ2n) is 4.53. The van der Waals surface area contributed by atoms with Crippen molar-refractivity contribution in [3.8, 4) is 0 Å². The Labute approximate surface area is 104 Å². The second kappa shape index (κ2) is 5.16. The lowest BCUT2D eigenvalue weighted by atomic mass is 9.68. The standard InChI is InChI=1S/C11H16N4O3/c16-9(11(10(17)18)4-2-5-11)12-6-1-3-8-13-7-14-15-8/h7H,1-6H2,(H,12,16)(H,17,18)(H,13,14,15). The van der Waals surface area contributed by atoms with E-state index >= 15 is 0 Å². The third-order valence-electron chi connectivity index (χ3n) is 3.39. The first-order valence-corrected chi connectivity index (χ1v) is 6.01. The summed E-state index contributed by atoms with van der Waals surface area (Å²) in [6, 6.07) is 0. The highest BCUT2D eigenvalue weighted by molar-refractivity contribution is 6.02. The van der Waals surface area contributed by atoms with Crippen molar-refractivity contribution >= 4 is 11.9 Å². The maximum atomic E-state index is 11.8. The van der Waals surface area contributed by atoms with Crippen LogP contribution in [0.15, 0.2) is 6.33 Å². The molecule has 18 heavy (non-hydrogen) atoms. The molecule has 0 unspecified atom stereocenters. The fraction of sp³-hybridized carbons (Fsp3) is 0.636. The monoisotopic (exact) mass is 252 g/mol. The minimum Gasteiger partial charge on any atom is -0.480 e. The number of nitrogens with one attached hydrogen (secondary N) is 2. The van der Waals surface area contributed by atoms with E-state index in [9.17, 15) is 9.59 Å². The number of H-pyrrole nitrogens is 1. The number of aromatic nitrogens is 3. The maximum Gasteiger partial charge on any atom is 0.319 e. The third-order valence-corrected chi connectivity index (χ3v) is 3.39. The molecule has 1 fully saturated rings. The maximum absolute atomic E-state index is 11.8. The van der Waals surface area contributed by atoms with Gasteiger partial charge in [0.25, 0.3) is 0 Å². The number of rotatable bonds is 6. The number of aryl methyl sites for hydroxylation is 1. The van der Waals surface area contributed by atoms with Crippen LogP contribution in [-0.2, 0) is 16.0 Å². The normalized spacial score (nSPS) is 16.9. The van der Waals surface area contributed by atoms with E-state index in [0.717, 1.165) is 12.2 Å². The number of aliphatic carboxylic acids is 1. The number of hydrogen-bond donors (Lipinski definition) is 3. The molecule has 7 heteroatoms. The zero-order valence-electron chi connectivity index (χ0n) is 9.98. The van der Waals surface area contributed by atoms with Gasteiger partial charge in [-0.2, -0.15) is 5.10 Å². The molecule has 0 aliphatic heterocycles. The van der Waals surface area contributed by atoms with Gasteiger partial charge in [0.05, 0.1) is 0 Å². The number of nitrogens with zero attached hydrogens (tertiary/aromatic N) is 2. The van der Waals surface area contributed by atoms with E-state index in [2.05, 4.69) is 20.5 Å². The van der Waals surface area contributed by atoms with E-state index in [1.165, 1.54) is 6.33 Å².